The molecule has 1 aromatic heterocycles. The van der Waals surface area contributed by atoms with Gasteiger partial charge in [-0.1, -0.05) is 48.5 Å². The van der Waals surface area contributed by atoms with Crippen LogP contribution >= 0.6 is 11.8 Å². The number of nitrogens with zero attached hydrogens (tertiary/aromatic N) is 3. The largest absolute Gasteiger partial charge is 0.351 e. The normalized spacial score (nSPS) is 15.5. The second-order valence-corrected chi connectivity index (χ2v) is 7.13. The van der Waals surface area contributed by atoms with Crippen molar-refractivity contribution < 1.29 is 4.79 Å². The van der Waals surface area contributed by atoms with E-state index in [-0.39, 0.29) is 11.2 Å². The number of carbonyl (C=O) groups excluding carboxylic acids is 1. The quantitative estimate of drug-likeness (QED) is 0.857. The maximum absolute atomic E-state index is 12.3. The number of nitrogens with one attached hydrogen (secondary N) is 1. The summed E-state index contributed by atoms with van der Waals surface area (Å²) in [6, 6.07) is 9.95. The first kappa shape index (κ1) is 16.1. The zero-order valence-electron chi connectivity index (χ0n) is 13.4. The highest BCUT2D eigenvalue weighted by atomic mass is 32.2. The number of hydrogen-bond acceptors (Lipinski definition) is 4. The molecule has 122 valence electrons. The van der Waals surface area contributed by atoms with Crippen molar-refractivity contribution >= 4 is 17.7 Å². The fourth-order valence-corrected chi connectivity index (χ4v) is 3.60. The van der Waals surface area contributed by atoms with Crippen molar-refractivity contribution in [3.63, 3.8) is 0 Å². The van der Waals surface area contributed by atoms with Crippen molar-refractivity contribution in [3.05, 3.63) is 41.7 Å². The van der Waals surface area contributed by atoms with Gasteiger partial charge in [0, 0.05) is 19.5 Å². The van der Waals surface area contributed by atoms with Crippen LogP contribution in [0.3, 0.4) is 0 Å². The highest BCUT2D eigenvalue weighted by molar-refractivity contribution is 8.00. The second-order valence-electron chi connectivity index (χ2n) is 5.82. The topological polar surface area (TPSA) is 59.8 Å². The summed E-state index contributed by atoms with van der Waals surface area (Å²) >= 11 is 1.49. The van der Waals surface area contributed by atoms with Crippen molar-refractivity contribution in [2.24, 2.45) is 0 Å². The molecule has 3 rings (SSSR count). The first-order chi connectivity index (χ1) is 11.2. The van der Waals surface area contributed by atoms with Crippen LogP contribution in [0.5, 0.6) is 0 Å². The minimum absolute atomic E-state index is 0.0322. The summed E-state index contributed by atoms with van der Waals surface area (Å²) in [6.45, 7) is 3.44. The van der Waals surface area contributed by atoms with Gasteiger partial charge in [-0.3, -0.25) is 4.79 Å². The summed E-state index contributed by atoms with van der Waals surface area (Å²) in [6.07, 6.45) is 4.56. The minimum Gasteiger partial charge on any atom is -0.351 e. The Morgan fingerprint density at radius 1 is 1.26 bits per heavy atom. The molecular weight excluding hydrogens is 308 g/mol. The van der Waals surface area contributed by atoms with Gasteiger partial charge in [-0.2, -0.15) is 0 Å². The average molecular weight is 330 g/mol. The van der Waals surface area contributed by atoms with Crippen LogP contribution in [0.2, 0.25) is 0 Å². The fraction of sp³-hybridized carbons (Fsp3) is 0.471. The molecular formula is C17H22N4OS. The zero-order valence-corrected chi connectivity index (χ0v) is 14.2. The number of benzene rings is 1. The maximum Gasteiger partial charge on any atom is 0.233 e. The van der Waals surface area contributed by atoms with Crippen LogP contribution in [-0.4, -0.2) is 25.9 Å². The van der Waals surface area contributed by atoms with Gasteiger partial charge in [0.1, 0.15) is 5.82 Å². The highest BCUT2D eigenvalue weighted by Gasteiger charge is 2.20. The Morgan fingerprint density at radius 2 is 2.09 bits per heavy atom. The number of carbonyl (C=O) groups is 1. The van der Waals surface area contributed by atoms with Gasteiger partial charge in [0.25, 0.3) is 0 Å². The van der Waals surface area contributed by atoms with Crippen LogP contribution in [-0.2, 0) is 24.3 Å². The Hall–Kier alpha value is -1.82. The van der Waals surface area contributed by atoms with E-state index in [1.807, 2.05) is 37.3 Å². The molecule has 1 atom stereocenters. The smallest absolute Gasteiger partial charge is 0.233 e. The zero-order chi connectivity index (χ0) is 16.1. The second kappa shape index (κ2) is 7.64. The van der Waals surface area contributed by atoms with Crippen molar-refractivity contribution in [3.8, 4) is 0 Å². The molecule has 2 aromatic rings. The molecule has 0 unspecified atom stereocenters. The van der Waals surface area contributed by atoms with Crippen LogP contribution in [0.4, 0.5) is 0 Å². The molecule has 0 radical (unpaired) electrons. The molecule has 0 saturated carbocycles. The van der Waals surface area contributed by atoms with E-state index in [4.69, 9.17) is 0 Å². The van der Waals surface area contributed by atoms with E-state index in [1.165, 1.54) is 24.6 Å². The lowest BCUT2D eigenvalue weighted by molar-refractivity contribution is -0.120. The number of amides is 1. The molecule has 6 heteroatoms. The molecule has 0 fully saturated rings. The van der Waals surface area contributed by atoms with Gasteiger partial charge in [-0.15, -0.1) is 10.2 Å². The molecule has 5 nitrogen and oxygen atoms in total. The standard InChI is InChI=1S/C17H22N4OS/c1-13(16(22)18-12-14-8-4-2-5-9-14)23-17-20-19-15-10-6-3-7-11-21(15)17/h2,4-5,8-9,13H,3,6-7,10-12H2,1H3,(H,18,22)/t13-/m0/s1. The van der Waals surface area contributed by atoms with Gasteiger partial charge >= 0.3 is 0 Å². The number of aromatic nitrogens is 3. The average Bonchev–Trinajstić information content (AvgIpc) is 2.81. The lowest BCUT2D eigenvalue weighted by Gasteiger charge is -2.12. The Bertz CT molecular complexity index is 656. The summed E-state index contributed by atoms with van der Waals surface area (Å²) in [4.78, 5) is 12.3. The van der Waals surface area contributed by atoms with Gasteiger partial charge in [0.2, 0.25) is 5.91 Å². The van der Waals surface area contributed by atoms with Crippen molar-refractivity contribution in [2.45, 2.75) is 56.1 Å². The van der Waals surface area contributed by atoms with Gasteiger partial charge in [-0.05, 0) is 25.3 Å². The molecule has 23 heavy (non-hydrogen) atoms. The Balaban J connectivity index is 1.57. The third kappa shape index (κ3) is 4.13. The van der Waals surface area contributed by atoms with E-state index >= 15 is 0 Å². The molecule has 0 saturated heterocycles. The van der Waals surface area contributed by atoms with Crippen LogP contribution in [0.1, 0.15) is 37.6 Å². The molecule has 2 heterocycles. The molecule has 0 spiro atoms. The van der Waals surface area contributed by atoms with Gasteiger partial charge < -0.3 is 9.88 Å². The summed E-state index contributed by atoms with van der Waals surface area (Å²) in [5, 5.41) is 12.2. The van der Waals surface area contributed by atoms with Gasteiger partial charge in [0.15, 0.2) is 5.16 Å². The van der Waals surface area contributed by atoms with Crippen molar-refractivity contribution in [1.82, 2.24) is 20.1 Å². The summed E-state index contributed by atoms with van der Waals surface area (Å²) in [5.74, 6) is 1.09. The third-order valence-corrected chi connectivity index (χ3v) is 5.12. The molecule has 1 N–H and O–H groups in total. The predicted molar refractivity (Wildman–Crippen MR) is 91.2 cm³/mol. The van der Waals surface area contributed by atoms with Crippen LogP contribution in [0.25, 0.3) is 0 Å². The summed E-state index contributed by atoms with van der Waals surface area (Å²) in [5.41, 5.74) is 1.11. The van der Waals surface area contributed by atoms with E-state index in [9.17, 15) is 4.79 Å². The van der Waals surface area contributed by atoms with Gasteiger partial charge in [-0.25, -0.2) is 0 Å². The first-order valence-electron chi connectivity index (χ1n) is 8.14. The molecule has 1 aromatic carbocycles. The monoisotopic (exact) mass is 330 g/mol. The SMILES string of the molecule is C[C@H](Sc1nnc2n1CCCCC2)C(=O)NCc1ccccc1. The summed E-state index contributed by atoms with van der Waals surface area (Å²) < 4.78 is 2.18. The number of hydrogen-bond donors (Lipinski definition) is 1. The molecule has 1 aliphatic heterocycles. The molecule has 1 amide bonds. The fourth-order valence-electron chi connectivity index (χ4n) is 2.69. The summed E-state index contributed by atoms with van der Waals surface area (Å²) in [7, 11) is 0. The maximum atomic E-state index is 12.3. The predicted octanol–water partition coefficient (Wildman–Crippen LogP) is 2.80. The van der Waals surface area contributed by atoms with Crippen molar-refractivity contribution in [1.29, 1.82) is 0 Å². The Morgan fingerprint density at radius 3 is 2.91 bits per heavy atom. The first-order valence-corrected chi connectivity index (χ1v) is 9.02. The van der Waals surface area contributed by atoms with Crippen LogP contribution < -0.4 is 5.32 Å². The van der Waals surface area contributed by atoms with E-state index in [1.54, 1.807) is 0 Å². The van der Waals surface area contributed by atoms with E-state index < -0.39 is 0 Å². The van der Waals surface area contributed by atoms with Gasteiger partial charge in [0.05, 0.1) is 5.25 Å². The van der Waals surface area contributed by atoms with Crippen molar-refractivity contribution in [2.75, 3.05) is 0 Å². The Labute approximate surface area is 140 Å². The number of fused-ring (bicyclic) bond motifs is 1. The van der Waals surface area contributed by atoms with E-state index in [2.05, 4.69) is 20.1 Å². The lowest BCUT2D eigenvalue weighted by Crippen LogP contribution is -2.30. The molecule has 0 bridgehead atoms. The third-order valence-electron chi connectivity index (χ3n) is 4.04. The number of rotatable bonds is 5. The number of aryl methyl sites for hydroxylation is 1. The highest BCUT2D eigenvalue weighted by Crippen LogP contribution is 2.25. The minimum atomic E-state index is -0.185. The number of thioether (sulfide) groups is 1. The van der Waals surface area contributed by atoms with Crippen LogP contribution in [0, 0.1) is 0 Å². The van der Waals surface area contributed by atoms with E-state index in [0.29, 0.717) is 6.54 Å². The Kier molecular flexibility index (Phi) is 5.33. The molecule has 0 aliphatic carbocycles. The van der Waals surface area contributed by atoms with Crippen LogP contribution in [0.15, 0.2) is 35.5 Å². The molecule has 1 aliphatic rings. The van der Waals surface area contributed by atoms with E-state index in [0.717, 1.165) is 35.9 Å². The lowest BCUT2D eigenvalue weighted by atomic mass is 10.2.